The van der Waals surface area contributed by atoms with E-state index in [9.17, 15) is 55.0 Å². The Kier molecular flexibility index (Phi) is 27.6. The molecule has 486 valence electrons. The molecule has 2 heterocycles. The van der Waals surface area contributed by atoms with Gasteiger partial charge >= 0.3 is 6.18 Å². The standard InChI is InChI=1S/C63H80F2N4O12S.C2HF3O2/c1-5-7-28-63(6-2)43-82(75,76)56-25-22-52(68(3)4)41-54(56)59(61(63)73)46-11-9-13-50(40-46)67-58(72)27-30-78-32-34-80-36-38-81-37-35-79-33-31-77-29-26-57(71)66-42-44-10-8-12-47(39-44)60-53(23-24-55(70)45-14-16-48(64)17-15-45)62(74)69(60)51-20-18-49(65)19-21-51;3-2(4,5)1(6)7/h8-22,25,39-41,53,55,59-61,70,73H,5-7,23-24,26-38,42-43H2,1-4H3,(H,66,71)(H,67,72);(H,6,7). The molecule has 1 fully saturated rings. The summed E-state index contributed by atoms with van der Waals surface area (Å²) in [5, 5.41) is 37.8. The average molecular weight is 1270 g/mol. The molecule has 24 heteroatoms. The molecule has 0 radical (unpaired) electrons. The molecule has 18 nitrogen and oxygen atoms in total. The number of β-lactam (4-membered cyclic amide) rings is 1. The van der Waals surface area contributed by atoms with Gasteiger partial charge in [-0.1, -0.05) is 75.2 Å². The number of aliphatic carboxylic acids is 1. The predicted octanol–water partition coefficient (Wildman–Crippen LogP) is 7.24. The maximum Gasteiger partial charge on any atom is 0.430 e. The van der Waals surface area contributed by atoms with Gasteiger partial charge in [-0.05, 0) is 108 Å². The van der Waals surface area contributed by atoms with Crippen molar-refractivity contribution in [2.45, 2.75) is 107 Å². The molecule has 0 saturated carbocycles. The summed E-state index contributed by atoms with van der Waals surface area (Å²) in [6, 6.07) is 31.3. The number of carbonyl (C=O) groups is 4. The summed E-state index contributed by atoms with van der Waals surface area (Å²) in [4.78, 5) is 51.0. The zero-order chi connectivity index (χ0) is 64.7. The first-order chi connectivity index (χ1) is 42.5. The first-order valence-corrected chi connectivity index (χ1v) is 31.4. The number of carboxylic acids is 1. The van der Waals surface area contributed by atoms with Crippen LogP contribution < -0.4 is 25.5 Å². The van der Waals surface area contributed by atoms with Crippen molar-refractivity contribution in [1.82, 2.24) is 5.32 Å². The Balaban J connectivity index is 0.00000170. The number of nitrogens with zero attached hydrogens (tertiary/aromatic N) is 1. The van der Waals surface area contributed by atoms with E-state index in [0.29, 0.717) is 94.6 Å². The number of ether oxygens (including phenoxy) is 5. The Hall–Kier alpha value is -6.74. The number of quaternary nitrogens is 1. The van der Waals surface area contributed by atoms with Crippen molar-refractivity contribution in [3.05, 3.63) is 155 Å². The number of rotatable bonds is 33. The van der Waals surface area contributed by atoms with E-state index in [0.717, 1.165) is 40.1 Å². The summed E-state index contributed by atoms with van der Waals surface area (Å²) < 4.78 is 115. The van der Waals surface area contributed by atoms with E-state index >= 15 is 0 Å². The van der Waals surface area contributed by atoms with Gasteiger partial charge in [0.1, 0.15) is 23.3 Å². The molecule has 2 aliphatic rings. The fraction of sp³-hybridized carbons (Fsp3) is 0.477. The van der Waals surface area contributed by atoms with Crippen LogP contribution in [-0.4, -0.2) is 141 Å². The molecule has 0 spiro atoms. The van der Waals surface area contributed by atoms with Gasteiger partial charge in [-0.2, -0.15) is 13.2 Å². The van der Waals surface area contributed by atoms with Crippen LogP contribution in [0.25, 0.3) is 0 Å². The molecular formula is C65H81F5N4O14S. The van der Waals surface area contributed by atoms with E-state index < -0.39 is 63.1 Å². The Morgan fingerprint density at radius 1 is 0.753 bits per heavy atom. The Labute approximate surface area is 516 Å². The van der Waals surface area contributed by atoms with Gasteiger partial charge in [-0.15, -0.1) is 0 Å². The summed E-state index contributed by atoms with van der Waals surface area (Å²) in [5.74, 6) is -5.63. The smallest absolute Gasteiger partial charge is 0.430 e. The topological polar surface area (TPSA) is 244 Å². The third kappa shape index (κ3) is 20.9. The zero-order valence-electron chi connectivity index (χ0n) is 50.5. The number of carboxylic acid groups (broad SMARTS) is 1. The van der Waals surface area contributed by atoms with Crippen molar-refractivity contribution in [3.8, 4) is 0 Å². The SMILES string of the molecule is CCCCC1(CC)CS(=O)(=O)c2ccc([NH+](C)C)cc2C(c2cccc(NC(=O)CCOCCOCCOCCOCCOCCC(=O)NCc3cccc(C4C(CCC(O)c5ccc(F)cc5)C(=O)N4c4ccc(F)cc4)c3)c2)C1O.O=C([O-])C(F)(F)F. The van der Waals surface area contributed by atoms with E-state index in [2.05, 4.69) is 17.6 Å². The summed E-state index contributed by atoms with van der Waals surface area (Å²) in [7, 11) is 0.229. The van der Waals surface area contributed by atoms with Gasteiger partial charge in [-0.25, -0.2) is 17.2 Å². The van der Waals surface area contributed by atoms with Crippen LogP contribution in [0.4, 0.5) is 39.0 Å². The van der Waals surface area contributed by atoms with Gasteiger partial charge in [-0.3, -0.25) is 14.4 Å². The van der Waals surface area contributed by atoms with E-state index in [1.165, 1.54) is 36.4 Å². The Morgan fingerprint density at radius 2 is 1.30 bits per heavy atom. The van der Waals surface area contributed by atoms with E-state index in [1.807, 2.05) is 75.6 Å². The molecule has 0 aliphatic carbocycles. The van der Waals surface area contributed by atoms with E-state index in [4.69, 9.17) is 33.6 Å². The number of hydrogen-bond donors (Lipinski definition) is 5. The number of aliphatic hydroxyl groups is 2. The van der Waals surface area contributed by atoms with Crippen LogP contribution in [0.15, 0.2) is 120 Å². The molecule has 3 amide bonds. The lowest BCUT2D eigenvalue weighted by Crippen LogP contribution is -3.00. The van der Waals surface area contributed by atoms with Crippen LogP contribution in [0, 0.1) is 23.0 Å². The van der Waals surface area contributed by atoms with Gasteiger partial charge in [0.2, 0.25) is 17.7 Å². The second kappa shape index (κ2) is 34.5. The fourth-order valence-electron chi connectivity index (χ4n) is 10.9. The Morgan fingerprint density at radius 3 is 1.87 bits per heavy atom. The highest BCUT2D eigenvalue weighted by Crippen LogP contribution is 2.50. The number of benzene rings is 5. The lowest BCUT2D eigenvalue weighted by Gasteiger charge is -2.48. The second-order valence-corrected chi connectivity index (χ2v) is 24.1. The first kappa shape index (κ1) is 71.3. The number of fused-ring (bicyclic) bond motifs is 1. The molecule has 6 unspecified atom stereocenters. The van der Waals surface area contributed by atoms with Crippen LogP contribution in [0.3, 0.4) is 0 Å². The van der Waals surface area contributed by atoms with Crippen LogP contribution in [0.2, 0.25) is 0 Å². The number of hydrogen-bond acceptors (Lipinski definition) is 14. The van der Waals surface area contributed by atoms with Crippen molar-refractivity contribution in [2.75, 3.05) is 96.1 Å². The van der Waals surface area contributed by atoms with Crippen molar-refractivity contribution < 1.29 is 93.5 Å². The van der Waals surface area contributed by atoms with Crippen LogP contribution >= 0.6 is 0 Å². The average Bonchev–Trinajstić information content (AvgIpc) is 1.82. The minimum atomic E-state index is -5.19. The summed E-state index contributed by atoms with van der Waals surface area (Å²) >= 11 is 0. The number of unbranched alkanes of at least 4 members (excludes halogenated alkanes) is 1. The molecule has 7 rings (SSSR count). The normalized spacial score (nSPS) is 19.1. The molecule has 0 aromatic heterocycles. The second-order valence-electron chi connectivity index (χ2n) is 22.2. The third-order valence-electron chi connectivity index (χ3n) is 15.7. The lowest BCUT2D eigenvalue weighted by molar-refractivity contribution is -0.786. The highest BCUT2D eigenvalue weighted by atomic mass is 32.2. The number of amides is 3. The number of anilines is 2. The summed E-state index contributed by atoms with van der Waals surface area (Å²) in [5.41, 5.74) is 4.69. The van der Waals surface area contributed by atoms with Gasteiger partial charge in [0, 0.05) is 47.8 Å². The maximum absolute atomic E-state index is 14.0. The van der Waals surface area contributed by atoms with Crippen molar-refractivity contribution >= 4 is 50.6 Å². The zero-order valence-corrected chi connectivity index (χ0v) is 51.4. The number of aliphatic hydroxyl groups excluding tert-OH is 2. The minimum Gasteiger partial charge on any atom is -0.542 e. The largest absolute Gasteiger partial charge is 0.542 e. The molecule has 5 aromatic carbocycles. The molecule has 1 saturated heterocycles. The molecule has 5 N–H and O–H groups in total. The molecule has 2 aliphatic heterocycles. The lowest BCUT2D eigenvalue weighted by atomic mass is 9.69. The van der Waals surface area contributed by atoms with Crippen LogP contribution in [0.1, 0.15) is 111 Å². The fourth-order valence-corrected chi connectivity index (χ4v) is 13.1. The molecule has 5 aromatic rings. The highest BCUT2D eigenvalue weighted by molar-refractivity contribution is 7.91. The molecule has 0 bridgehead atoms. The van der Waals surface area contributed by atoms with Gasteiger partial charge < -0.3 is 64.2 Å². The monoisotopic (exact) mass is 1270 g/mol. The van der Waals surface area contributed by atoms with E-state index in [-0.39, 0.29) is 73.4 Å². The minimum absolute atomic E-state index is 0.108. The number of alkyl halides is 3. The first-order valence-electron chi connectivity index (χ1n) is 29.8. The van der Waals surface area contributed by atoms with Crippen molar-refractivity contribution in [1.29, 1.82) is 0 Å². The molecule has 89 heavy (non-hydrogen) atoms. The molecular weight excluding hydrogens is 1190 g/mol. The number of carbonyl (C=O) groups excluding carboxylic acids is 4. The number of sulfone groups is 1. The van der Waals surface area contributed by atoms with Gasteiger partial charge in [0.05, 0.1) is 121 Å². The predicted molar refractivity (Wildman–Crippen MR) is 320 cm³/mol. The van der Waals surface area contributed by atoms with Crippen molar-refractivity contribution in [3.63, 3.8) is 0 Å². The van der Waals surface area contributed by atoms with Crippen LogP contribution in [-0.2, 0) is 59.2 Å². The van der Waals surface area contributed by atoms with Crippen LogP contribution in [0.5, 0.6) is 0 Å². The Bertz CT molecular complexity index is 3200. The van der Waals surface area contributed by atoms with Crippen molar-refractivity contribution in [2.24, 2.45) is 11.3 Å². The van der Waals surface area contributed by atoms with Gasteiger partial charge in [0.15, 0.2) is 9.84 Å². The number of halogens is 5. The quantitative estimate of drug-likeness (QED) is 0.0158. The third-order valence-corrected chi connectivity index (χ3v) is 17.7. The number of nitrogens with one attached hydrogen (secondary N) is 3. The highest BCUT2D eigenvalue weighted by Gasteiger charge is 2.50. The molecule has 6 atom stereocenters. The maximum atomic E-state index is 14.0. The van der Waals surface area contributed by atoms with Gasteiger partial charge in [0.25, 0.3) is 0 Å². The summed E-state index contributed by atoms with van der Waals surface area (Å²) in [6.07, 6.45) is -3.39. The summed E-state index contributed by atoms with van der Waals surface area (Å²) in [6.45, 7) is 7.32. The van der Waals surface area contributed by atoms with E-state index in [1.54, 1.807) is 29.2 Å².